The molecule has 0 radical (unpaired) electrons. The molecule has 0 aromatic heterocycles. The normalized spacial score (nSPS) is 21.2. The smallest absolute Gasteiger partial charge is 0.272 e. The number of allylic oxidation sites excluding steroid dienone is 2. The van der Waals surface area contributed by atoms with E-state index >= 15 is 0 Å². The van der Waals surface area contributed by atoms with E-state index in [2.05, 4.69) is 4.99 Å². The molecule has 86 valence electrons. The van der Waals surface area contributed by atoms with Gasteiger partial charge in [0.1, 0.15) is 5.71 Å². The molecule has 0 aliphatic carbocycles. The molecule has 0 aromatic rings. The largest absolute Gasteiger partial charge is 0.337 e. The van der Waals surface area contributed by atoms with E-state index in [-0.39, 0.29) is 5.91 Å². The molecule has 2 aliphatic heterocycles. The van der Waals surface area contributed by atoms with Crippen molar-refractivity contribution in [3.05, 3.63) is 23.9 Å². The van der Waals surface area contributed by atoms with Crippen molar-refractivity contribution in [3.63, 3.8) is 0 Å². The summed E-state index contributed by atoms with van der Waals surface area (Å²) >= 11 is 0. The van der Waals surface area contributed by atoms with Gasteiger partial charge in [-0.25, -0.2) is 0 Å². The van der Waals surface area contributed by atoms with Gasteiger partial charge in [-0.15, -0.1) is 0 Å². The predicted octanol–water partition coefficient (Wildman–Crippen LogP) is 2.30. The maximum absolute atomic E-state index is 12.1. The minimum Gasteiger partial charge on any atom is -0.337 e. The number of hydrogen-bond donors (Lipinski definition) is 0. The number of hydrogen-bond acceptors (Lipinski definition) is 2. The van der Waals surface area contributed by atoms with Crippen LogP contribution < -0.4 is 0 Å². The lowest BCUT2D eigenvalue weighted by atomic mass is 10.1. The van der Waals surface area contributed by atoms with Crippen LogP contribution in [-0.2, 0) is 4.79 Å². The molecule has 0 spiro atoms. The van der Waals surface area contributed by atoms with Crippen molar-refractivity contribution in [1.82, 2.24) is 4.90 Å². The maximum Gasteiger partial charge on any atom is 0.272 e. The van der Waals surface area contributed by atoms with Crippen LogP contribution >= 0.6 is 0 Å². The van der Waals surface area contributed by atoms with E-state index in [9.17, 15) is 4.79 Å². The number of piperidine rings is 1. The van der Waals surface area contributed by atoms with Gasteiger partial charge in [0, 0.05) is 19.3 Å². The maximum atomic E-state index is 12.1. The lowest BCUT2D eigenvalue weighted by molar-refractivity contribution is -0.124. The molecule has 3 heteroatoms. The van der Waals surface area contributed by atoms with E-state index in [0.717, 1.165) is 32.4 Å². The van der Waals surface area contributed by atoms with E-state index in [4.69, 9.17) is 0 Å². The predicted molar refractivity (Wildman–Crippen MR) is 65.4 cm³/mol. The number of rotatable bonds is 1. The topological polar surface area (TPSA) is 32.7 Å². The quantitative estimate of drug-likeness (QED) is 0.664. The minimum atomic E-state index is 0.0851. The van der Waals surface area contributed by atoms with Crippen molar-refractivity contribution in [2.45, 2.75) is 32.6 Å². The van der Waals surface area contributed by atoms with Crippen LogP contribution in [0.3, 0.4) is 0 Å². The van der Waals surface area contributed by atoms with Crippen LogP contribution in [0.25, 0.3) is 0 Å². The first-order chi connectivity index (χ1) is 7.77. The van der Waals surface area contributed by atoms with Gasteiger partial charge in [-0.1, -0.05) is 11.6 Å². The van der Waals surface area contributed by atoms with Crippen LogP contribution in [0.4, 0.5) is 0 Å². The fourth-order valence-electron chi connectivity index (χ4n) is 2.02. The van der Waals surface area contributed by atoms with Crippen molar-refractivity contribution < 1.29 is 4.79 Å². The minimum absolute atomic E-state index is 0.0851. The Morgan fingerprint density at radius 1 is 1.31 bits per heavy atom. The molecule has 1 saturated heterocycles. The Kier molecular flexibility index (Phi) is 3.54. The summed E-state index contributed by atoms with van der Waals surface area (Å²) in [6, 6.07) is 0. The molecule has 16 heavy (non-hydrogen) atoms. The van der Waals surface area contributed by atoms with E-state index in [1.165, 1.54) is 12.0 Å². The zero-order valence-electron chi connectivity index (χ0n) is 9.78. The lowest BCUT2D eigenvalue weighted by Crippen LogP contribution is -2.39. The van der Waals surface area contributed by atoms with E-state index in [0.29, 0.717) is 5.71 Å². The molecular formula is C13H18N2O. The SMILES string of the molecule is CC1=CN=C(C(=O)N2CCCCC2)C=CC1. The second-order valence-electron chi connectivity index (χ2n) is 4.45. The molecule has 0 atom stereocenters. The molecule has 0 N–H and O–H groups in total. The first-order valence-electron chi connectivity index (χ1n) is 5.96. The zero-order chi connectivity index (χ0) is 11.4. The van der Waals surface area contributed by atoms with Gasteiger partial charge in [0.15, 0.2) is 0 Å². The van der Waals surface area contributed by atoms with Gasteiger partial charge in [-0.3, -0.25) is 9.79 Å². The summed E-state index contributed by atoms with van der Waals surface area (Å²) in [5, 5.41) is 0. The van der Waals surface area contributed by atoms with Gasteiger partial charge >= 0.3 is 0 Å². The fourth-order valence-corrected chi connectivity index (χ4v) is 2.02. The van der Waals surface area contributed by atoms with E-state index in [1.54, 1.807) is 6.20 Å². The highest BCUT2D eigenvalue weighted by molar-refractivity contribution is 6.43. The number of nitrogens with zero attached hydrogens (tertiary/aromatic N) is 2. The summed E-state index contributed by atoms with van der Waals surface area (Å²) in [4.78, 5) is 18.3. The second-order valence-corrected chi connectivity index (χ2v) is 4.45. The van der Waals surface area contributed by atoms with Crippen molar-refractivity contribution in [3.8, 4) is 0 Å². The standard InChI is InChI=1S/C13H18N2O/c1-11-6-5-7-12(14-10-11)13(16)15-8-3-2-4-9-15/h5,7,10H,2-4,6,8-9H2,1H3. The van der Waals surface area contributed by atoms with Crippen LogP contribution in [0, 0.1) is 0 Å². The zero-order valence-corrected chi connectivity index (χ0v) is 9.78. The lowest BCUT2D eigenvalue weighted by Gasteiger charge is -2.26. The Hall–Kier alpha value is -1.38. The van der Waals surface area contributed by atoms with Crippen LogP contribution in [0.5, 0.6) is 0 Å². The number of aliphatic imine (C=N–C) groups is 1. The van der Waals surface area contributed by atoms with Crippen LogP contribution in [0.15, 0.2) is 28.9 Å². The third-order valence-corrected chi connectivity index (χ3v) is 3.00. The van der Waals surface area contributed by atoms with Crippen molar-refractivity contribution >= 4 is 11.6 Å². The molecule has 2 aliphatic rings. The number of carbonyl (C=O) groups is 1. The van der Waals surface area contributed by atoms with Gasteiger partial charge in [0.2, 0.25) is 0 Å². The molecule has 2 heterocycles. The molecule has 1 amide bonds. The van der Waals surface area contributed by atoms with E-state index < -0.39 is 0 Å². The number of likely N-dealkylation sites (tertiary alicyclic amines) is 1. The van der Waals surface area contributed by atoms with Gasteiger partial charge in [0.25, 0.3) is 5.91 Å². The number of carbonyl (C=O) groups excluding carboxylic acids is 1. The summed E-state index contributed by atoms with van der Waals surface area (Å²) in [6.45, 7) is 3.80. The summed E-state index contributed by atoms with van der Waals surface area (Å²) < 4.78 is 0. The summed E-state index contributed by atoms with van der Waals surface area (Å²) in [5.41, 5.74) is 1.77. The van der Waals surface area contributed by atoms with E-state index in [1.807, 2.05) is 24.0 Å². The van der Waals surface area contributed by atoms with Gasteiger partial charge in [0.05, 0.1) is 0 Å². The van der Waals surface area contributed by atoms with Crippen molar-refractivity contribution in [1.29, 1.82) is 0 Å². The highest BCUT2D eigenvalue weighted by Crippen LogP contribution is 2.12. The highest BCUT2D eigenvalue weighted by atomic mass is 16.2. The van der Waals surface area contributed by atoms with Gasteiger partial charge in [-0.05, 0) is 38.7 Å². The Morgan fingerprint density at radius 3 is 2.81 bits per heavy atom. The molecule has 0 aromatic carbocycles. The average molecular weight is 218 g/mol. The Morgan fingerprint density at radius 2 is 2.06 bits per heavy atom. The summed E-state index contributed by atoms with van der Waals surface area (Å²) in [6.07, 6.45) is 10.0. The molecule has 2 rings (SSSR count). The van der Waals surface area contributed by atoms with Crippen LogP contribution in [0.1, 0.15) is 32.6 Å². The van der Waals surface area contributed by atoms with Gasteiger partial charge in [-0.2, -0.15) is 0 Å². The first-order valence-corrected chi connectivity index (χ1v) is 5.96. The monoisotopic (exact) mass is 218 g/mol. The highest BCUT2D eigenvalue weighted by Gasteiger charge is 2.19. The van der Waals surface area contributed by atoms with Crippen LogP contribution in [0.2, 0.25) is 0 Å². The molecule has 0 saturated carbocycles. The molecule has 3 nitrogen and oxygen atoms in total. The Bertz CT molecular complexity index is 360. The number of amides is 1. The molecule has 0 bridgehead atoms. The second kappa shape index (κ2) is 5.10. The third kappa shape index (κ3) is 2.60. The molecule has 1 fully saturated rings. The molecule has 0 unspecified atom stereocenters. The first kappa shape index (κ1) is 11.1. The summed E-state index contributed by atoms with van der Waals surface area (Å²) in [7, 11) is 0. The van der Waals surface area contributed by atoms with Crippen molar-refractivity contribution in [2.24, 2.45) is 4.99 Å². The van der Waals surface area contributed by atoms with Crippen LogP contribution in [-0.4, -0.2) is 29.6 Å². The molecular weight excluding hydrogens is 200 g/mol. The average Bonchev–Trinajstić information content (AvgIpc) is 2.54. The van der Waals surface area contributed by atoms with Gasteiger partial charge < -0.3 is 4.90 Å². The Balaban J connectivity index is 2.08. The van der Waals surface area contributed by atoms with Crippen molar-refractivity contribution in [2.75, 3.05) is 13.1 Å². The fraction of sp³-hybridized carbons (Fsp3) is 0.538. The Labute approximate surface area is 96.5 Å². The third-order valence-electron chi connectivity index (χ3n) is 3.00. The summed E-state index contributed by atoms with van der Waals surface area (Å²) in [5.74, 6) is 0.0851.